The summed E-state index contributed by atoms with van der Waals surface area (Å²) in [4.78, 5) is 19.9. The smallest absolute Gasteiger partial charge is 0.258 e. The predicted molar refractivity (Wildman–Crippen MR) is 132 cm³/mol. The van der Waals surface area contributed by atoms with Crippen LogP contribution < -0.4 is 15.8 Å². The van der Waals surface area contributed by atoms with Gasteiger partial charge in [0.1, 0.15) is 5.65 Å². The highest BCUT2D eigenvalue weighted by Crippen LogP contribution is 2.19. The number of nitrogens with zero attached hydrogens (tertiary/aromatic N) is 3. The number of pyridine rings is 1. The minimum Gasteiger partial charge on any atom is -0.368 e. The van der Waals surface area contributed by atoms with Gasteiger partial charge < -0.3 is 10.2 Å². The summed E-state index contributed by atoms with van der Waals surface area (Å²) in [5.74, 6) is 0.669. The van der Waals surface area contributed by atoms with E-state index in [1.54, 1.807) is 10.5 Å². The van der Waals surface area contributed by atoms with Gasteiger partial charge in [-0.2, -0.15) is 0 Å². The van der Waals surface area contributed by atoms with E-state index in [0.717, 1.165) is 55.9 Å². The number of allylic oxidation sites excluding steroid dienone is 4. The van der Waals surface area contributed by atoms with Crippen molar-refractivity contribution in [3.63, 3.8) is 0 Å². The van der Waals surface area contributed by atoms with Gasteiger partial charge in [-0.05, 0) is 70.1 Å². The molecule has 0 spiro atoms. The summed E-state index contributed by atoms with van der Waals surface area (Å²) in [6.45, 7) is 13.8. The van der Waals surface area contributed by atoms with Gasteiger partial charge in [0.2, 0.25) is 0 Å². The molecule has 3 heterocycles. The normalized spacial score (nSPS) is 19.1. The van der Waals surface area contributed by atoms with Crippen LogP contribution in [0.5, 0.6) is 0 Å². The number of hydrogen-bond acceptors (Lipinski definition) is 4. The van der Waals surface area contributed by atoms with Crippen molar-refractivity contribution in [2.24, 2.45) is 5.92 Å². The number of unbranched alkanes of at least 4 members (excludes halogenated alkanes) is 2. The van der Waals surface area contributed by atoms with Crippen molar-refractivity contribution in [3.05, 3.63) is 58.2 Å². The van der Waals surface area contributed by atoms with E-state index in [1.807, 2.05) is 12.3 Å². The monoisotopic (exact) mass is 422 g/mol. The Morgan fingerprint density at radius 1 is 1.29 bits per heavy atom. The molecule has 1 unspecified atom stereocenters. The molecule has 0 radical (unpaired) electrons. The quantitative estimate of drug-likeness (QED) is 0.477. The van der Waals surface area contributed by atoms with Gasteiger partial charge in [-0.15, -0.1) is 0 Å². The second kappa shape index (κ2) is 10.8. The molecule has 1 saturated heterocycles. The van der Waals surface area contributed by atoms with Crippen molar-refractivity contribution in [1.82, 2.24) is 14.7 Å². The molecule has 5 nitrogen and oxygen atoms in total. The van der Waals surface area contributed by atoms with Gasteiger partial charge in [0.15, 0.2) is 0 Å². The lowest BCUT2D eigenvalue weighted by atomic mass is 9.98. The molecule has 3 rings (SSSR count). The first-order chi connectivity index (χ1) is 14.9. The van der Waals surface area contributed by atoms with E-state index in [1.165, 1.54) is 12.0 Å². The van der Waals surface area contributed by atoms with E-state index in [9.17, 15) is 4.79 Å². The maximum Gasteiger partial charge on any atom is 0.258 e. The van der Waals surface area contributed by atoms with Crippen molar-refractivity contribution in [2.75, 3.05) is 24.5 Å². The number of hydrogen-bond donors (Lipinski definition) is 1. The van der Waals surface area contributed by atoms with Crippen LogP contribution in [0, 0.1) is 5.92 Å². The molecule has 2 aromatic rings. The van der Waals surface area contributed by atoms with E-state index in [2.05, 4.69) is 63.1 Å². The van der Waals surface area contributed by atoms with Gasteiger partial charge in [-0.25, -0.2) is 4.98 Å². The Morgan fingerprint density at radius 3 is 2.81 bits per heavy atom. The SMILES string of the molecule is CCC(C)/C(C)=C\CCC/C=C(\C)c1cc(=O)n2cc(N3CCN[C@@H](C)C3)ccc2n1. The summed E-state index contributed by atoms with van der Waals surface area (Å²) in [5.41, 5.74) is 5.09. The number of aromatic nitrogens is 2. The molecule has 2 atom stereocenters. The van der Waals surface area contributed by atoms with Crippen LogP contribution in [-0.4, -0.2) is 35.1 Å². The first-order valence-electron chi connectivity index (χ1n) is 11.7. The van der Waals surface area contributed by atoms with E-state index >= 15 is 0 Å². The second-order valence-electron chi connectivity index (χ2n) is 8.97. The molecule has 168 valence electrons. The second-order valence-corrected chi connectivity index (χ2v) is 8.97. The van der Waals surface area contributed by atoms with Crippen LogP contribution in [0.4, 0.5) is 5.69 Å². The standard InChI is InChI=1S/C26H38N4O/c1-6-19(2)20(3)10-8-7-9-11-21(4)24-16-26(31)30-18-23(12-13-25(30)28-24)29-15-14-27-22(5)17-29/h10-13,16,18-19,22,27H,6-9,14-15,17H2,1-5H3/b20-10-,21-11+/t19?,22-/m0/s1. The molecule has 1 aliphatic rings. The third-order valence-electron chi connectivity index (χ3n) is 6.50. The van der Waals surface area contributed by atoms with E-state index in [4.69, 9.17) is 4.98 Å². The molecule has 2 aromatic heterocycles. The fourth-order valence-corrected chi connectivity index (χ4v) is 4.04. The van der Waals surface area contributed by atoms with Crippen molar-refractivity contribution in [1.29, 1.82) is 0 Å². The molecule has 1 aliphatic heterocycles. The number of piperazine rings is 1. The lowest BCUT2D eigenvalue weighted by molar-refractivity contribution is 0.484. The van der Waals surface area contributed by atoms with Crippen LogP contribution in [0.1, 0.15) is 66.0 Å². The lowest BCUT2D eigenvalue weighted by Crippen LogP contribution is -2.49. The zero-order valence-corrected chi connectivity index (χ0v) is 19.8. The Morgan fingerprint density at radius 2 is 2.06 bits per heavy atom. The molecule has 0 bridgehead atoms. The van der Waals surface area contributed by atoms with Crippen molar-refractivity contribution in [3.8, 4) is 0 Å². The molecule has 1 fully saturated rings. The van der Waals surface area contributed by atoms with Crippen molar-refractivity contribution < 1.29 is 0 Å². The molecule has 0 aromatic carbocycles. The minimum atomic E-state index is -0.0232. The summed E-state index contributed by atoms with van der Waals surface area (Å²) in [6.07, 6.45) is 10.9. The Hall–Kier alpha value is -2.40. The highest BCUT2D eigenvalue weighted by molar-refractivity contribution is 5.63. The zero-order chi connectivity index (χ0) is 22.4. The number of nitrogens with one attached hydrogen (secondary N) is 1. The first-order valence-corrected chi connectivity index (χ1v) is 11.7. The van der Waals surface area contributed by atoms with Gasteiger partial charge in [0, 0.05) is 37.9 Å². The zero-order valence-electron chi connectivity index (χ0n) is 19.8. The Labute approximate surface area is 186 Å². The topological polar surface area (TPSA) is 49.6 Å². The van der Waals surface area contributed by atoms with Gasteiger partial charge in [-0.3, -0.25) is 9.20 Å². The maximum absolute atomic E-state index is 12.8. The molecule has 1 N–H and O–H groups in total. The first kappa shape index (κ1) is 23.3. The summed E-state index contributed by atoms with van der Waals surface area (Å²) in [5, 5.41) is 3.46. The third kappa shape index (κ3) is 6.07. The van der Waals surface area contributed by atoms with Crippen LogP contribution in [0.3, 0.4) is 0 Å². The van der Waals surface area contributed by atoms with Crippen LogP contribution in [0.15, 0.2) is 46.9 Å². The number of anilines is 1. The van der Waals surface area contributed by atoms with Gasteiger partial charge in [0.25, 0.3) is 5.56 Å². The highest BCUT2D eigenvalue weighted by Gasteiger charge is 2.16. The summed E-state index contributed by atoms with van der Waals surface area (Å²) in [7, 11) is 0. The summed E-state index contributed by atoms with van der Waals surface area (Å²) < 4.78 is 1.67. The largest absolute Gasteiger partial charge is 0.368 e. The fraction of sp³-hybridized carbons (Fsp3) is 0.538. The minimum absolute atomic E-state index is 0.0232. The average molecular weight is 423 g/mol. The maximum atomic E-state index is 12.8. The summed E-state index contributed by atoms with van der Waals surface area (Å²) >= 11 is 0. The van der Waals surface area contributed by atoms with E-state index in [0.29, 0.717) is 17.6 Å². The van der Waals surface area contributed by atoms with Gasteiger partial charge in [-0.1, -0.05) is 31.6 Å². The fourth-order valence-electron chi connectivity index (χ4n) is 4.04. The van der Waals surface area contributed by atoms with Gasteiger partial charge in [0.05, 0.1) is 11.4 Å². The summed E-state index contributed by atoms with van der Waals surface area (Å²) in [6, 6.07) is 6.15. The van der Waals surface area contributed by atoms with E-state index < -0.39 is 0 Å². The molecule has 0 aliphatic carbocycles. The average Bonchev–Trinajstić information content (AvgIpc) is 2.77. The van der Waals surface area contributed by atoms with E-state index in [-0.39, 0.29) is 5.56 Å². The molecule has 0 amide bonds. The molecule has 5 heteroatoms. The van der Waals surface area contributed by atoms with Crippen LogP contribution >= 0.6 is 0 Å². The van der Waals surface area contributed by atoms with Crippen molar-refractivity contribution >= 4 is 16.9 Å². The lowest BCUT2D eigenvalue weighted by Gasteiger charge is -2.33. The van der Waals surface area contributed by atoms with Crippen LogP contribution in [0.25, 0.3) is 11.2 Å². The highest BCUT2D eigenvalue weighted by atomic mass is 16.1. The third-order valence-corrected chi connectivity index (χ3v) is 6.50. The Bertz CT molecular complexity index is 1000. The predicted octanol–water partition coefficient (Wildman–Crippen LogP) is 5.06. The van der Waals surface area contributed by atoms with Crippen molar-refractivity contribution in [2.45, 2.75) is 66.3 Å². The van der Waals surface area contributed by atoms with Crippen LogP contribution in [0.2, 0.25) is 0 Å². The molecule has 31 heavy (non-hydrogen) atoms. The Kier molecular flexibility index (Phi) is 8.08. The molecule has 0 saturated carbocycles. The van der Waals surface area contributed by atoms with Gasteiger partial charge >= 0.3 is 0 Å². The number of fused-ring (bicyclic) bond motifs is 1. The number of rotatable bonds is 8. The molecular weight excluding hydrogens is 384 g/mol. The van der Waals surface area contributed by atoms with Crippen LogP contribution in [-0.2, 0) is 0 Å². The molecular formula is C26H38N4O. The Balaban J connectivity index is 1.69.